The minimum atomic E-state index is 0.541. The smallest absolute Gasteiger partial charge is 0.186 e. The van der Waals surface area contributed by atoms with Gasteiger partial charge in [0.25, 0.3) is 0 Å². The zero-order chi connectivity index (χ0) is 14.1. The number of fused-ring (bicyclic) bond motifs is 1. The van der Waals surface area contributed by atoms with Crippen molar-refractivity contribution in [3.63, 3.8) is 0 Å². The maximum Gasteiger partial charge on any atom is 0.186 e. The molecule has 2 heterocycles. The standard InChI is InChI=1S/C15H20ClN3S/c1-10(2)7-12-9-17-5-6-19(12)15-18-13-4-3-11(16)8-14(13)20-15/h3-4,8,10,12,17H,5-7,9H2,1-2H3/t12-/m0/s1. The molecule has 3 nitrogen and oxygen atoms in total. The molecule has 2 aromatic rings. The molecule has 0 amide bonds. The molecule has 1 aromatic carbocycles. The molecule has 0 spiro atoms. The molecule has 108 valence electrons. The SMILES string of the molecule is CC(C)C[C@H]1CNCCN1c1nc2ccc(Cl)cc2s1. The van der Waals surface area contributed by atoms with E-state index in [0.29, 0.717) is 12.0 Å². The van der Waals surface area contributed by atoms with Crippen LogP contribution in [0.1, 0.15) is 20.3 Å². The van der Waals surface area contributed by atoms with Crippen molar-refractivity contribution in [1.82, 2.24) is 10.3 Å². The van der Waals surface area contributed by atoms with Gasteiger partial charge in [-0.2, -0.15) is 0 Å². The molecule has 1 saturated heterocycles. The summed E-state index contributed by atoms with van der Waals surface area (Å²) in [5.41, 5.74) is 1.05. The van der Waals surface area contributed by atoms with Crippen molar-refractivity contribution >= 4 is 38.3 Å². The lowest BCUT2D eigenvalue weighted by atomic mass is 10.0. The second-order valence-electron chi connectivity index (χ2n) is 5.79. The topological polar surface area (TPSA) is 28.2 Å². The molecule has 0 radical (unpaired) electrons. The first kappa shape index (κ1) is 14.1. The van der Waals surface area contributed by atoms with Crippen LogP contribution < -0.4 is 10.2 Å². The van der Waals surface area contributed by atoms with Crippen LogP contribution >= 0.6 is 22.9 Å². The normalized spacial score (nSPS) is 20.0. The van der Waals surface area contributed by atoms with Crippen LogP contribution in [-0.2, 0) is 0 Å². The van der Waals surface area contributed by atoms with Crippen molar-refractivity contribution in [2.75, 3.05) is 24.5 Å². The fourth-order valence-corrected chi connectivity index (χ4v) is 4.12. The van der Waals surface area contributed by atoms with Crippen molar-refractivity contribution in [2.45, 2.75) is 26.3 Å². The summed E-state index contributed by atoms with van der Waals surface area (Å²) in [5.74, 6) is 0.700. The van der Waals surface area contributed by atoms with Crippen molar-refractivity contribution in [2.24, 2.45) is 5.92 Å². The molecule has 0 unspecified atom stereocenters. The number of piperazine rings is 1. The molecule has 1 aliphatic rings. The molecule has 5 heteroatoms. The summed E-state index contributed by atoms with van der Waals surface area (Å²) in [6.45, 7) is 7.68. The van der Waals surface area contributed by atoms with Crippen molar-refractivity contribution in [3.05, 3.63) is 23.2 Å². The Morgan fingerprint density at radius 2 is 2.35 bits per heavy atom. The Kier molecular flexibility index (Phi) is 4.15. The summed E-state index contributed by atoms with van der Waals surface area (Å²) in [6, 6.07) is 6.48. The van der Waals surface area contributed by atoms with Crippen LogP contribution in [-0.4, -0.2) is 30.7 Å². The number of thiazole rings is 1. The summed E-state index contributed by atoms with van der Waals surface area (Å²) in [7, 11) is 0. The number of anilines is 1. The van der Waals surface area contributed by atoms with E-state index in [2.05, 4.69) is 24.1 Å². The molecule has 1 atom stereocenters. The van der Waals surface area contributed by atoms with Crippen LogP contribution in [0.4, 0.5) is 5.13 Å². The third-order valence-electron chi connectivity index (χ3n) is 3.68. The van der Waals surface area contributed by atoms with Crippen LogP contribution in [0.25, 0.3) is 10.2 Å². The van der Waals surface area contributed by atoms with E-state index in [1.165, 1.54) is 11.1 Å². The van der Waals surface area contributed by atoms with E-state index < -0.39 is 0 Å². The number of aromatic nitrogens is 1. The molecular formula is C15H20ClN3S. The lowest BCUT2D eigenvalue weighted by Crippen LogP contribution is -2.51. The van der Waals surface area contributed by atoms with Gasteiger partial charge in [-0.25, -0.2) is 4.98 Å². The molecule has 1 aliphatic heterocycles. The molecule has 1 N–H and O–H groups in total. The van der Waals surface area contributed by atoms with Crippen LogP contribution in [0.15, 0.2) is 18.2 Å². The van der Waals surface area contributed by atoms with Gasteiger partial charge >= 0.3 is 0 Å². The minimum Gasteiger partial charge on any atom is -0.343 e. The highest BCUT2D eigenvalue weighted by Crippen LogP contribution is 2.32. The van der Waals surface area contributed by atoms with Crippen molar-refractivity contribution in [1.29, 1.82) is 0 Å². The fraction of sp³-hybridized carbons (Fsp3) is 0.533. The molecule has 20 heavy (non-hydrogen) atoms. The van der Waals surface area contributed by atoms with Crippen molar-refractivity contribution in [3.8, 4) is 0 Å². The quantitative estimate of drug-likeness (QED) is 0.935. The van der Waals surface area contributed by atoms with Gasteiger partial charge in [-0.1, -0.05) is 36.8 Å². The van der Waals surface area contributed by atoms with Gasteiger partial charge in [-0.15, -0.1) is 0 Å². The number of benzene rings is 1. The maximum atomic E-state index is 6.07. The molecule has 1 aromatic heterocycles. The summed E-state index contributed by atoms with van der Waals surface area (Å²) in [6.07, 6.45) is 1.20. The van der Waals surface area contributed by atoms with E-state index in [4.69, 9.17) is 16.6 Å². The van der Waals surface area contributed by atoms with Gasteiger partial charge in [0.15, 0.2) is 5.13 Å². The molecule has 1 fully saturated rings. The largest absolute Gasteiger partial charge is 0.343 e. The Bertz CT molecular complexity index is 596. The van der Waals surface area contributed by atoms with Gasteiger partial charge in [-0.3, -0.25) is 0 Å². The van der Waals surface area contributed by atoms with E-state index in [1.807, 2.05) is 18.2 Å². The average molecular weight is 310 g/mol. The van der Waals surface area contributed by atoms with Crippen LogP contribution in [0.3, 0.4) is 0 Å². The second kappa shape index (κ2) is 5.88. The zero-order valence-electron chi connectivity index (χ0n) is 11.9. The Hall–Kier alpha value is -0.840. The van der Waals surface area contributed by atoms with Gasteiger partial charge < -0.3 is 10.2 Å². The van der Waals surface area contributed by atoms with Gasteiger partial charge in [0.2, 0.25) is 0 Å². The summed E-state index contributed by atoms with van der Waals surface area (Å²) in [4.78, 5) is 7.26. The molecule has 0 saturated carbocycles. The highest BCUT2D eigenvalue weighted by atomic mass is 35.5. The third-order valence-corrected chi connectivity index (χ3v) is 4.97. The summed E-state index contributed by atoms with van der Waals surface area (Å²) < 4.78 is 1.18. The monoisotopic (exact) mass is 309 g/mol. The number of rotatable bonds is 3. The van der Waals surface area contributed by atoms with Crippen LogP contribution in [0.2, 0.25) is 5.02 Å². The minimum absolute atomic E-state index is 0.541. The average Bonchev–Trinajstić information content (AvgIpc) is 2.81. The fourth-order valence-electron chi connectivity index (χ4n) is 2.78. The van der Waals surface area contributed by atoms with Gasteiger partial charge in [-0.05, 0) is 30.5 Å². The maximum absolute atomic E-state index is 6.07. The summed E-state index contributed by atoms with van der Waals surface area (Å²) >= 11 is 7.82. The van der Waals surface area contributed by atoms with E-state index >= 15 is 0 Å². The predicted octanol–water partition coefficient (Wildman–Crippen LogP) is 3.77. The highest BCUT2D eigenvalue weighted by Gasteiger charge is 2.25. The van der Waals surface area contributed by atoms with E-state index in [9.17, 15) is 0 Å². The highest BCUT2D eigenvalue weighted by molar-refractivity contribution is 7.22. The number of nitrogens with zero attached hydrogens (tertiary/aromatic N) is 2. The number of nitrogens with one attached hydrogen (secondary N) is 1. The predicted molar refractivity (Wildman–Crippen MR) is 88.1 cm³/mol. The molecular weight excluding hydrogens is 290 g/mol. The lowest BCUT2D eigenvalue weighted by molar-refractivity contribution is 0.407. The molecule has 0 aliphatic carbocycles. The number of hydrogen-bond donors (Lipinski definition) is 1. The molecule has 0 bridgehead atoms. The van der Waals surface area contributed by atoms with E-state index in [1.54, 1.807) is 11.3 Å². The van der Waals surface area contributed by atoms with Crippen LogP contribution in [0.5, 0.6) is 0 Å². The first-order chi connectivity index (χ1) is 9.63. The zero-order valence-corrected chi connectivity index (χ0v) is 13.5. The molecule has 3 rings (SSSR count). The Balaban J connectivity index is 1.90. The third kappa shape index (κ3) is 2.92. The Morgan fingerprint density at radius 3 is 3.15 bits per heavy atom. The second-order valence-corrected chi connectivity index (χ2v) is 7.23. The van der Waals surface area contributed by atoms with Gasteiger partial charge in [0.1, 0.15) is 0 Å². The van der Waals surface area contributed by atoms with Crippen molar-refractivity contribution < 1.29 is 0 Å². The van der Waals surface area contributed by atoms with Gasteiger partial charge in [0, 0.05) is 30.7 Å². The lowest BCUT2D eigenvalue weighted by Gasteiger charge is -2.37. The van der Waals surface area contributed by atoms with Crippen LogP contribution in [0, 0.1) is 5.92 Å². The first-order valence-electron chi connectivity index (χ1n) is 7.17. The van der Waals surface area contributed by atoms with E-state index in [0.717, 1.165) is 35.3 Å². The van der Waals surface area contributed by atoms with Gasteiger partial charge in [0.05, 0.1) is 10.2 Å². The Labute approximate surface area is 128 Å². The number of halogens is 1. The van der Waals surface area contributed by atoms with E-state index in [-0.39, 0.29) is 0 Å². The Morgan fingerprint density at radius 1 is 1.50 bits per heavy atom. The number of hydrogen-bond acceptors (Lipinski definition) is 4. The summed E-state index contributed by atoms with van der Waals surface area (Å²) in [5, 5.41) is 5.41. The first-order valence-corrected chi connectivity index (χ1v) is 8.36.